The first-order chi connectivity index (χ1) is 25.9. The SMILES string of the molecule is c1ccc2c(c1)B1C3=C2N2C4=C5B(c6ccccc64)c4ccccc4N5c4cc(-n5c6ccccc6c6ccccc65)cc(c42)N3c2ccccc21. The number of aromatic nitrogens is 1. The molecule has 4 nitrogen and oxygen atoms in total. The number of anilines is 5. The molecule has 0 amide bonds. The van der Waals surface area contributed by atoms with E-state index in [1.54, 1.807) is 0 Å². The highest BCUT2D eigenvalue weighted by Crippen LogP contribution is 2.63. The Morgan fingerprint density at radius 1 is 0.365 bits per heavy atom. The third kappa shape index (κ3) is 2.78. The fraction of sp³-hybridized carbons (Fsp3) is 0. The molecule has 6 heteroatoms. The van der Waals surface area contributed by atoms with Crippen LogP contribution in [0.2, 0.25) is 0 Å². The largest absolute Gasteiger partial charge is 0.319 e. The number of fused-ring (bicyclic) bond motifs is 19. The molecule has 6 aliphatic rings. The van der Waals surface area contributed by atoms with Gasteiger partial charge in [0, 0.05) is 33.3 Å². The zero-order valence-corrected chi connectivity index (χ0v) is 28.0. The lowest BCUT2D eigenvalue weighted by Crippen LogP contribution is -2.40. The average molecular weight is 656 g/mol. The van der Waals surface area contributed by atoms with E-state index in [1.807, 2.05) is 0 Å². The second kappa shape index (κ2) is 8.79. The third-order valence-corrected chi connectivity index (χ3v) is 12.6. The van der Waals surface area contributed by atoms with Crippen molar-refractivity contribution in [3.63, 3.8) is 0 Å². The van der Waals surface area contributed by atoms with Gasteiger partial charge in [0.2, 0.25) is 0 Å². The normalized spacial score (nSPS) is 16.1. The summed E-state index contributed by atoms with van der Waals surface area (Å²) in [5, 5.41) is 2.55. The minimum atomic E-state index is 0.174. The van der Waals surface area contributed by atoms with Crippen LogP contribution in [0.3, 0.4) is 0 Å². The average Bonchev–Trinajstić information content (AvgIpc) is 3.99. The van der Waals surface area contributed by atoms with E-state index >= 15 is 0 Å². The molecule has 0 bridgehead atoms. The van der Waals surface area contributed by atoms with E-state index in [4.69, 9.17) is 0 Å². The number of hydrogen-bond donors (Lipinski definition) is 0. The minimum absolute atomic E-state index is 0.174. The lowest BCUT2D eigenvalue weighted by atomic mass is 9.41. The molecule has 0 radical (unpaired) electrons. The van der Waals surface area contributed by atoms with Crippen molar-refractivity contribution in [2.45, 2.75) is 0 Å². The van der Waals surface area contributed by atoms with Gasteiger partial charge in [-0.25, -0.2) is 0 Å². The van der Waals surface area contributed by atoms with Gasteiger partial charge < -0.3 is 19.3 Å². The predicted molar refractivity (Wildman–Crippen MR) is 217 cm³/mol. The van der Waals surface area contributed by atoms with Crippen molar-refractivity contribution in [3.8, 4) is 5.69 Å². The fourth-order valence-corrected chi connectivity index (χ4v) is 10.8. The van der Waals surface area contributed by atoms with Gasteiger partial charge in [0.15, 0.2) is 0 Å². The monoisotopic (exact) mass is 656 g/mol. The van der Waals surface area contributed by atoms with Gasteiger partial charge in [-0.1, -0.05) is 132 Å². The zero-order valence-electron chi connectivity index (χ0n) is 28.0. The predicted octanol–water partition coefficient (Wildman–Crippen LogP) is 7.58. The molecule has 0 spiro atoms. The molecule has 52 heavy (non-hydrogen) atoms. The Labute approximate surface area is 300 Å². The van der Waals surface area contributed by atoms with Gasteiger partial charge in [-0.2, -0.15) is 0 Å². The molecule has 0 saturated carbocycles. The summed E-state index contributed by atoms with van der Waals surface area (Å²) in [6, 6.07) is 59.2. The van der Waals surface area contributed by atoms with Gasteiger partial charge in [-0.05, 0) is 58.5 Å². The summed E-state index contributed by atoms with van der Waals surface area (Å²) >= 11 is 0. The van der Waals surface area contributed by atoms with E-state index in [0.29, 0.717) is 0 Å². The Balaban J connectivity index is 1.18. The lowest BCUT2D eigenvalue weighted by molar-refractivity contribution is 1.10. The van der Waals surface area contributed by atoms with E-state index < -0.39 is 0 Å². The molecule has 0 aliphatic carbocycles. The van der Waals surface area contributed by atoms with Crippen LogP contribution in [0, 0.1) is 0 Å². The highest BCUT2D eigenvalue weighted by molar-refractivity contribution is 6.98. The Kier molecular flexibility index (Phi) is 4.43. The molecule has 14 rings (SSSR count). The summed E-state index contributed by atoms with van der Waals surface area (Å²) in [4.78, 5) is 7.93. The van der Waals surface area contributed by atoms with Crippen molar-refractivity contribution in [2.75, 3.05) is 14.7 Å². The van der Waals surface area contributed by atoms with Crippen molar-refractivity contribution in [1.82, 2.24) is 4.57 Å². The number of hydrogen-bond acceptors (Lipinski definition) is 3. The van der Waals surface area contributed by atoms with Gasteiger partial charge in [0.25, 0.3) is 13.4 Å². The van der Waals surface area contributed by atoms with Crippen molar-refractivity contribution < 1.29 is 0 Å². The summed E-state index contributed by atoms with van der Waals surface area (Å²) in [6.45, 7) is 0.348. The Hall–Kier alpha value is -6.65. The Bertz CT molecular complexity index is 2880. The van der Waals surface area contributed by atoms with Crippen molar-refractivity contribution in [1.29, 1.82) is 0 Å². The maximum Gasteiger partial charge on any atom is 0.268 e. The molecule has 7 heterocycles. The number of benzene rings is 7. The molecule has 0 unspecified atom stereocenters. The van der Waals surface area contributed by atoms with E-state index in [0.717, 1.165) is 0 Å². The number of nitrogens with zero attached hydrogens (tertiary/aromatic N) is 4. The van der Waals surface area contributed by atoms with Crippen LogP contribution in [0.25, 0.3) is 38.9 Å². The second-order valence-electron chi connectivity index (χ2n) is 14.8. The molecule has 236 valence electrons. The fourth-order valence-electron chi connectivity index (χ4n) is 10.8. The van der Waals surface area contributed by atoms with E-state index in [2.05, 4.69) is 177 Å². The lowest BCUT2D eigenvalue weighted by Gasteiger charge is -2.46. The summed E-state index contributed by atoms with van der Waals surface area (Å²) in [5.74, 6) is 0. The summed E-state index contributed by atoms with van der Waals surface area (Å²) < 4.78 is 2.49. The van der Waals surface area contributed by atoms with Crippen LogP contribution in [0.1, 0.15) is 11.1 Å². The van der Waals surface area contributed by atoms with Crippen LogP contribution >= 0.6 is 0 Å². The highest BCUT2D eigenvalue weighted by atomic mass is 15.3. The summed E-state index contributed by atoms with van der Waals surface area (Å²) in [7, 11) is 0. The molecule has 0 fully saturated rings. The van der Waals surface area contributed by atoms with E-state index in [1.165, 1.54) is 111 Å². The van der Waals surface area contributed by atoms with Crippen molar-refractivity contribution in [2.24, 2.45) is 0 Å². The Morgan fingerprint density at radius 2 is 0.788 bits per heavy atom. The molecule has 8 aromatic rings. The van der Waals surface area contributed by atoms with Crippen molar-refractivity contribution >= 4 is 96.9 Å². The number of para-hydroxylation sites is 4. The van der Waals surface area contributed by atoms with Crippen LogP contribution in [-0.2, 0) is 0 Å². The first-order valence-corrected chi connectivity index (χ1v) is 18.3. The third-order valence-electron chi connectivity index (χ3n) is 12.6. The molecular weight excluding hydrogens is 630 g/mol. The first-order valence-electron chi connectivity index (χ1n) is 18.3. The molecule has 0 N–H and O–H groups in total. The molecular formula is C46H26B2N4. The first kappa shape index (κ1) is 26.2. The molecule has 6 aliphatic heterocycles. The van der Waals surface area contributed by atoms with Crippen LogP contribution in [0.15, 0.2) is 169 Å². The van der Waals surface area contributed by atoms with Gasteiger partial charge in [-0.3, -0.25) is 0 Å². The van der Waals surface area contributed by atoms with Crippen LogP contribution in [0.5, 0.6) is 0 Å². The van der Waals surface area contributed by atoms with Crippen LogP contribution < -0.4 is 36.6 Å². The number of rotatable bonds is 1. The Morgan fingerprint density at radius 3 is 1.31 bits per heavy atom. The smallest absolute Gasteiger partial charge is 0.268 e. The van der Waals surface area contributed by atoms with Gasteiger partial charge >= 0.3 is 0 Å². The zero-order chi connectivity index (χ0) is 33.4. The van der Waals surface area contributed by atoms with Crippen LogP contribution in [0.4, 0.5) is 28.4 Å². The topological polar surface area (TPSA) is 14.7 Å². The van der Waals surface area contributed by atoms with E-state index in [-0.39, 0.29) is 13.4 Å². The minimum Gasteiger partial charge on any atom is -0.319 e. The molecule has 0 saturated heterocycles. The second-order valence-corrected chi connectivity index (χ2v) is 14.8. The maximum atomic E-state index is 2.69. The highest BCUT2D eigenvalue weighted by Gasteiger charge is 2.57. The quantitative estimate of drug-likeness (QED) is 0.170. The maximum absolute atomic E-state index is 2.69. The van der Waals surface area contributed by atoms with Gasteiger partial charge in [0.05, 0.1) is 45.2 Å². The van der Waals surface area contributed by atoms with Crippen LogP contribution in [-0.4, -0.2) is 18.0 Å². The van der Waals surface area contributed by atoms with Gasteiger partial charge in [-0.15, -0.1) is 0 Å². The molecule has 7 aromatic carbocycles. The standard InChI is InChI=1S/C46H26B2N4/c1-5-17-32-30(15-1)42-45-47(32)34-19-7-11-23-38(34)50(45)40-25-27(49-36-21-9-3-13-28(36)29-14-4-10-22-37(29)49)26-41-44(40)52(42)43-31-16-2-6-18-33(31)48-35-20-8-12-24-39(35)51(41)46(43)48/h1-26H. The molecule has 1 aromatic heterocycles. The summed E-state index contributed by atoms with van der Waals surface area (Å²) in [6.07, 6.45) is 0. The molecule has 0 atom stereocenters. The van der Waals surface area contributed by atoms with Gasteiger partial charge in [0.1, 0.15) is 0 Å². The van der Waals surface area contributed by atoms with Crippen molar-refractivity contribution in [3.05, 3.63) is 180 Å². The summed E-state index contributed by atoms with van der Waals surface area (Å²) in [5.41, 5.74) is 23.5. The van der Waals surface area contributed by atoms with E-state index in [9.17, 15) is 0 Å².